The summed E-state index contributed by atoms with van der Waals surface area (Å²) in [5, 5.41) is 0.731. The van der Waals surface area contributed by atoms with Crippen molar-refractivity contribution in [3.05, 3.63) is 28.8 Å². The van der Waals surface area contributed by atoms with Gasteiger partial charge in [0.25, 0.3) is 0 Å². The van der Waals surface area contributed by atoms with Crippen molar-refractivity contribution in [2.45, 2.75) is 6.92 Å². The Balaban J connectivity index is 0.000000810. The predicted molar refractivity (Wildman–Crippen MR) is 46.4 cm³/mol. The van der Waals surface area contributed by atoms with Gasteiger partial charge in [-0.2, -0.15) is 0 Å². The molecule has 3 heteroatoms. The highest BCUT2D eigenvalue weighted by atomic mass is 35.5. The van der Waals surface area contributed by atoms with Crippen molar-refractivity contribution in [1.82, 2.24) is 0 Å². The normalized spacial score (nSPS) is 8.60. The second-order valence-corrected chi connectivity index (χ2v) is 2.42. The van der Waals surface area contributed by atoms with Crippen molar-refractivity contribution < 1.29 is 0 Å². The fourth-order valence-electron chi connectivity index (χ4n) is 0.609. The first-order chi connectivity index (χ1) is 4.20. The molecule has 0 fully saturated rings. The molecule has 0 saturated heterocycles. The van der Waals surface area contributed by atoms with E-state index in [9.17, 15) is 0 Å². The zero-order valence-corrected chi connectivity index (χ0v) is 6.52. The van der Waals surface area contributed by atoms with Gasteiger partial charge in [-0.15, -0.1) is 0 Å². The SMILES string of the molecule is Cc1ccc(N)cc1Cl.[B]. The van der Waals surface area contributed by atoms with Crippen molar-refractivity contribution in [2.75, 3.05) is 5.73 Å². The number of aryl methyl sites for hydroxylation is 1. The molecule has 0 saturated carbocycles. The number of nitrogens with two attached hydrogens (primary N) is 1. The maximum Gasteiger partial charge on any atom is 0.0455 e. The van der Waals surface area contributed by atoms with Gasteiger partial charge in [0.2, 0.25) is 0 Å². The lowest BCUT2D eigenvalue weighted by Crippen LogP contribution is -1.83. The fourth-order valence-corrected chi connectivity index (χ4v) is 0.798. The first-order valence-corrected chi connectivity index (χ1v) is 3.09. The molecule has 10 heavy (non-hydrogen) atoms. The van der Waals surface area contributed by atoms with Gasteiger partial charge < -0.3 is 5.73 Å². The second kappa shape index (κ2) is 3.52. The Morgan fingerprint density at radius 3 is 2.40 bits per heavy atom. The lowest BCUT2D eigenvalue weighted by atomic mass is 10.2. The molecule has 1 aromatic rings. The first kappa shape index (κ1) is 9.37. The van der Waals surface area contributed by atoms with Crippen LogP contribution in [-0.4, -0.2) is 8.41 Å². The summed E-state index contributed by atoms with van der Waals surface area (Å²) in [5.41, 5.74) is 7.22. The van der Waals surface area contributed by atoms with Crippen molar-refractivity contribution >= 4 is 25.7 Å². The largest absolute Gasteiger partial charge is 0.399 e. The van der Waals surface area contributed by atoms with Gasteiger partial charge in [0.15, 0.2) is 0 Å². The van der Waals surface area contributed by atoms with E-state index in [4.69, 9.17) is 17.3 Å². The van der Waals surface area contributed by atoms with Gasteiger partial charge in [-0.05, 0) is 24.6 Å². The molecule has 0 aliphatic heterocycles. The van der Waals surface area contributed by atoms with E-state index in [1.165, 1.54) is 0 Å². The minimum atomic E-state index is 0. The molecule has 0 atom stereocenters. The van der Waals surface area contributed by atoms with Crippen LogP contribution >= 0.6 is 11.6 Å². The molecule has 0 aromatic heterocycles. The molecule has 51 valence electrons. The second-order valence-electron chi connectivity index (χ2n) is 2.01. The molecule has 0 unspecified atom stereocenters. The lowest BCUT2D eigenvalue weighted by molar-refractivity contribution is 1.47. The van der Waals surface area contributed by atoms with Crippen LogP contribution in [0, 0.1) is 6.92 Å². The number of hydrogen-bond acceptors (Lipinski definition) is 1. The Bertz CT molecular complexity index is 225. The summed E-state index contributed by atoms with van der Waals surface area (Å²) in [5.74, 6) is 0. The molecule has 2 N–H and O–H groups in total. The Morgan fingerprint density at radius 1 is 1.40 bits per heavy atom. The monoisotopic (exact) mass is 152 g/mol. The summed E-state index contributed by atoms with van der Waals surface area (Å²) in [6, 6.07) is 5.48. The predicted octanol–water partition coefficient (Wildman–Crippen LogP) is 1.85. The van der Waals surface area contributed by atoms with Crippen LogP contribution in [0.5, 0.6) is 0 Å². The molecular formula is C7H8BClN. The van der Waals surface area contributed by atoms with Crippen LogP contribution in [0.1, 0.15) is 5.56 Å². The van der Waals surface area contributed by atoms with Crippen molar-refractivity contribution in [3.63, 3.8) is 0 Å². The number of nitrogen functional groups attached to an aromatic ring is 1. The van der Waals surface area contributed by atoms with E-state index in [-0.39, 0.29) is 8.41 Å². The van der Waals surface area contributed by atoms with Gasteiger partial charge in [-0.1, -0.05) is 17.7 Å². The standard InChI is InChI=1S/C7H8ClN.B/c1-5-2-3-6(9)4-7(5)8;/h2-4H,9H2,1H3;. The highest BCUT2D eigenvalue weighted by Gasteiger charge is 1.91. The highest BCUT2D eigenvalue weighted by molar-refractivity contribution is 6.31. The zero-order chi connectivity index (χ0) is 6.85. The van der Waals surface area contributed by atoms with E-state index < -0.39 is 0 Å². The van der Waals surface area contributed by atoms with Gasteiger partial charge in [0.05, 0.1) is 0 Å². The molecule has 1 aromatic carbocycles. The Labute approximate surface area is 67.8 Å². The lowest BCUT2D eigenvalue weighted by Gasteiger charge is -1.96. The number of halogens is 1. The maximum atomic E-state index is 5.73. The molecule has 1 rings (SSSR count). The third kappa shape index (κ3) is 1.96. The fraction of sp³-hybridized carbons (Fsp3) is 0.143. The summed E-state index contributed by atoms with van der Waals surface area (Å²) >= 11 is 5.73. The van der Waals surface area contributed by atoms with E-state index in [0.29, 0.717) is 5.69 Å². The van der Waals surface area contributed by atoms with Crippen LogP contribution in [-0.2, 0) is 0 Å². The van der Waals surface area contributed by atoms with Crippen molar-refractivity contribution in [3.8, 4) is 0 Å². The van der Waals surface area contributed by atoms with Crippen LogP contribution in [0.2, 0.25) is 5.02 Å². The van der Waals surface area contributed by atoms with E-state index in [1.807, 2.05) is 19.1 Å². The van der Waals surface area contributed by atoms with Crippen LogP contribution in [0.3, 0.4) is 0 Å². The number of rotatable bonds is 0. The van der Waals surface area contributed by atoms with Crippen LogP contribution in [0.4, 0.5) is 5.69 Å². The Hall–Kier alpha value is -0.625. The first-order valence-electron chi connectivity index (χ1n) is 2.72. The van der Waals surface area contributed by atoms with E-state index in [1.54, 1.807) is 6.07 Å². The smallest absolute Gasteiger partial charge is 0.0455 e. The summed E-state index contributed by atoms with van der Waals surface area (Å²) in [4.78, 5) is 0. The van der Waals surface area contributed by atoms with Gasteiger partial charge in [0, 0.05) is 19.1 Å². The van der Waals surface area contributed by atoms with E-state index >= 15 is 0 Å². The quantitative estimate of drug-likeness (QED) is 0.446. The topological polar surface area (TPSA) is 26.0 Å². The zero-order valence-electron chi connectivity index (χ0n) is 5.76. The van der Waals surface area contributed by atoms with Gasteiger partial charge in [-0.25, -0.2) is 0 Å². The number of benzene rings is 1. The third-order valence-corrected chi connectivity index (χ3v) is 1.60. The van der Waals surface area contributed by atoms with Gasteiger partial charge >= 0.3 is 0 Å². The average Bonchev–Trinajstić information content (AvgIpc) is 1.80. The van der Waals surface area contributed by atoms with Crippen molar-refractivity contribution in [1.29, 1.82) is 0 Å². The number of hydrogen-bond donors (Lipinski definition) is 1. The molecular weight excluding hydrogens is 144 g/mol. The molecule has 3 radical (unpaired) electrons. The van der Waals surface area contributed by atoms with Gasteiger partial charge in [0.1, 0.15) is 0 Å². The molecule has 0 aliphatic carbocycles. The minimum absolute atomic E-state index is 0. The summed E-state index contributed by atoms with van der Waals surface area (Å²) in [6.07, 6.45) is 0. The Morgan fingerprint density at radius 2 is 2.00 bits per heavy atom. The van der Waals surface area contributed by atoms with Crippen LogP contribution in [0.15, 0.2) is 18.2 Å². The van der Waals surface area contributed by atoms with Crippen LogP contribution in [0.25, 0.3) is 0 Å². The van der Waals surface area contributed by atoms with E-state index in [2.05, 4.69) is 0 Å². The van der Waals surface area contributed by atoms with Crippen molar-refractivity contribution in [2.24, 2.45) is 0 Å². The molecule has 0 amide bonds. The molecule has 0 heterocycles. The minimum Gasteiger partial charge on any atom is -0.399 e. The number of anilines is 1. The van der Waals surface area contributed by atoms with Crippen LogP contribution < -0.4 is 5.73 Å². The van der Waals surface area contributed by atoms with Gasteiger partial charge in [-0.3, -0.25) is 0 Å². The molecule has 1 nitrogen and oxygen atoms in total. The summed E-state index contributed by atoms with van der Waals surface area (Å²) in [6.45, 7) is 1.95. The van der Waals surface area contributed by atoms with E-state index in [0.717, 1.165) is 10.6 Å². The molecule has 0 aliphatic rings. The summed E-state index contributed by atoms with van der Waals surface area (Å²) in [7, 11) is 0. The maximum absolute atomic E-state index is 5.73. The highest BCUT2D eigenvalue weighted by Crippen LogP contribution is 2.17. The Kier molecular flexibility index (Phi) is 3.30. The third-order valence-electron chi connectivity index (χ3n) is 1.20. The molecule has 0 spiro atoms. The average molecular weight is 152 g/mol. The molecule has 0 bridgehead atoms. The summed E-state index contributed by atoms with van der Waals surface area (Å²) < 4.78 is 0.